The lowest BCUT2D eigenvalue weighted by Crippen LogP contribution is -2.17. The van der Waals surface area contributed by atoms with Gasteiger partial charge in [-0.1, -0.05) is 0 Å². The number of primary amides is 1. The highest BCUT2D eigenvalue weighted by atomic mass is 16.1. The van der Waals surface area contributed by atoms with Gasteiger partial charge in [-0.05, 0) is 30.5 Å². The van der Waals surface area contributed by atoms with E-state index in [4.69, 9.17) is 5.73 Å². The standard InChI is InChI=1S/C10H13N3O/c11-10(14)8-2-4-13-6-9(8)7-1-3-12-5-7/h2,4,6-7,12H,1,3,5H2,(H2,11,14). The van der Waals surface area contributed by atoms with Crippen molar-refractivity contribution in [3.63, 3.8) is 0 Å². The number of aromatic nitrogens is 1. The van der Waals surface area contributed by atoms with Crippen molar-refractivity contribution in [1.82, 2.24) is 10.3 Å². The molecule has 2 rings (SSSR count). The van der Waals surface area contributed by atoms with E-state index in [9.17, 15) is 4.79 Å². The van der Waals surface area contributed by atoms with Gasteiger partial charge < -0.3 is 11.1 Å². The number of hydrogen-bond donors (Lipinski definition) is 2. The Bertz CT molecular complexity index is 345. The van der Waals surface area contributed by atoms with Crippen LogP contribution in [0, 0.1) is 0 Å². The second-order valence-corrected chi connectivity index (χ2v) is 3.52. The summed E-state index contributed by atoms with van der Waals surface area (Å²) in [6, 6.07) is 1.69. The zero-order valence-corrected chi connectivity index (χ0v) is 7.86. The minimum atomic E-state index is -0.366. The number of hydrogen-bond acceptors (Lipinski definition) is 3. The largest absolute Gasteiger partial charge is 0.366 e. The van der Waals surface area contributed by atoms with Crippen molar-refractivity contribution >= 4 is 5.91 Å². The lowest BCUT2D eigenvalue weighted by molar-refractivity contribution is 0.0999. The van der Waals surface area contributed by atoms with Crippen molar-refractivity contribution in [3.05, 3.63) is 29.6 Å². The van der Waals surface area contributed by atoms with E-state index >= 15 is 0 Å². The van der Waals surface area contributed by atoms with Gasteiger partial charge in [0.25, 0.3) is 0 Å². The Balaban J connectivity index is 2.35. The smallest absolute Gasteiger partial charge is 0.249 e. The molecule has 0 spiro atoms. The molecule has 1 aliphatic heterocycles. The predicted molar refractivity (Wildman–Crippen MR) is 53.0 cm³/mol. The first kappa shape index (κ1) is 9.15. The molecule has 14 heavy (non-hydrogen) atoms. The van der Waals surface area contributed by atoms with E-state index in [-0.39, 0.29) is 5.91 Å². The Labute approximate surface area is 82.5 Å². The molecule has 0 aromatic carbocycles. The zero-order valence-electron chi connectivity index (χ0n) is 7.86. The van der Waals surface area contributed by atoms with Gasteiger partial charge in [-0.15, -0.1) is 0 Å². The monoisotopic (exact) mass is 191 g/mol. The maximum absolute atomic E-state index is 11.2. The quantitative estimate of drug-likeness (QED) is 0.704. The summed E-state index contributed by atoms with van der Waals surface area (Å²) in [6.07, 6.45) is 4.40. The summed E-state index contributed by atoms with van der Waals surface area (Å²) in [6.45, 7) is 1.91. The van der Waals surface area contributed by atoms with E-state index in [1.54, 1.807) is 18.5 Å². The predicted octanol–water partition coefficient (Wildman–Crippen LogP) is 0.257. The molecule has 1 amide bonds. The molecular weight excluding hydrogens is 178 g/mol. The van der Waals surface area contributed by atoms with E-state index in [1.165, 1.54) is 0 Å². The number of carbonyl (C=O) groups excluding carboxylic acids is 1. The average Bonchev–Trinajstić information content (AvgIpc) is 2.70. The van der Waals surface area contributed by atoms with Crippen LogP contribution in [0.4, 0.5) is 0 Å². The van der Waals surface area contributed by atoms with E-state index in [0.717, 1.165) is 25.1 Å². The highest BCUT2D eigenvalue weighted by molar-refractivity contribution is 5.94. The molecule has 1 atom stereocenters. The molecule has 0 bridgehead atoms. The van der Waals surface area contributed by atoms with Crippen LogP contribution in [-0.4, -0.2) is 24.0 Å². The van der Waals surface area contributed by atoms with Crippen molar-refractivity contribution in [2.24, 2.45) is 5.73 Å². The summed E-state index contributed by atoms with van der Waals surface area (Å²) in [4.78, 5) is 15.2. The van der Waals surface area contributed by atoms with Crippen molar-refractivity contribution in [1.29, 1.82) is 0 Å². The van der Waals surface area contributed by atoms with Crippen LogP contribution >= 0.6 is 0 Å². The fourth-order valence-electron chi connectivity index (χ4n) is 1.88. The Morgan fingerprint density at radius 1 is 1.64 bits per heavy atom. The van der Waals surface area contributed by atoms with Gasteiger partial charge >= 0.3 is 0 Å². The minimum Gasteiger partial charge on any atom is -0.366 e. The zero-order chi connectivity index (χ0) is 9.97. The molecule has 1 aromatic rings. The number of amides is 1. The van der Waals surface area contributed by atoms with Gasteiger partial charge in [0.2, 0.25) is 5.91 Å². The molecule has 1 unspecified atom stereocenters. The summed E-state index contributed by atoms with van der Waals surface area (Å²) >= 11 is 0. The summed E-state index contributed by atoms with van der Waals surface area (Å²) in [5.74, 6) is 0.0144. The molecule has 0 aliphatic carbocycles. The van der Waals surface area contributed by atoms with Crippen molar-refractivity contribution in [2.45, 2.75) is 12.3 Å². The van der Waals surface area contributed by atoms with Crippen molar-refractivity contribution in [2.75, 3.05) is 13.1 Å². The minimum absolute atomic E-state index is 0.366. The van der Waals surface area contributed by atoms with Gasteiger partial charge in [-0.3, -0.25) is 9.78 Å². The van der Waals surface area contributed by atoms with Gasteiger partial charge in [0.1, 0.15) is 0 Å². The highest BCUT2D eigenvalue weighted by Crippen LogP contribution is 2.24. The summed E-state index contributed by atoms with van der Waals surface area (Å²) < 4.78 is 0. The highest BCUT2D eigenvalue weighted by Gasteiger charge is 2.21. The first-order valence-corrected chi connectivity index (χ1v) is 4.73. The molecule has 74 valence electrons. The Kier molecular flexibility index (Phi) is 2.45. The Morgan fingerprint density at radius 2 is 2.50 bits per heavy atom. The lowest BCUT2D eigenvalue weighted by atomic mass is 9.95. The molecule has 1 aliphatic rings. The maximum Gasteiger partial charge on any atom is 0.249 e. The van der Waals surface area contributed by atoms with Gasteiger partial charge in [-0.25, -0.2) is 0 Å². The Hall–Kier alpha value is -1.42. The number of pyridine rings is 1. The number of nitrogens with two attached hydrogens (primary N) is 1. The fraction of sp³-hybridized carbons (Fsp3) is 0.400. The molecular formula is C10H13N3O. The van der Waals surface area contributed by atoms with E-state index in [0.29, 0.717) is 11.5 Å². The SMILES string of the molecule is NC(=O)c1ccncc1C1CCNC1. The first-order chi connectivity index (χ1) is 6.79. The van der Waals surface area contributed by atoms with Gasteiger partial charge in [0.05, 0.1) is 0 Å². The number of rotatable bonds is 2. The van der Waals surface area contributed by atoms with Gasteiger partial charge in [0, 0.05) is 24.5 Å². The summed E-state index contributed by atoms with van der Waals surface area (Å²) in [5, 5.41) is 3.26. The van der Waals surface area contributed by atoms with Crippen LogP contribution in [0.3, 0.4) is 0 Å². The molecule has 1 saturated heterocycles. The van der Waals surface area contributed by atoms with E-state index in [2.05, 4.69) is 10.3 Å². The fourth-order valence-corrected chi connectivity index (χ4v) is 1.88. The molecule has 0 saturated carbocycles. The van der Waals surface area contributed by atoms with Crippen LogP contribution in [0.15, 0.2) is 18.5 Å². The van der Waals surface area contributed by atoms with E-state index in [1.807, 2.05) is 0 Å². The third-order valence-electron chi connectivity index (χ3n) is 2.62. The topological polar surface area (TPSA) is 68.0 Å². The van der Waals surface area contributed by atoms with Gasteiger partial charge in [0.15, 0.2) is 0 Å². The van der Waals surface area contributed by atoms with Crippen LogP contribution < -0.4 is 11.1 Å². The molecule has 3 N–H and O–H groups in total. The second kappa shape index (κ2) is 3.75. The normalized spacial score (nSPS) is 21.0. The molecule has 4 heteroatoms. The van der Waals surface area contributed by atoms with Gasteiger partial charge in [-0.2, -0.15) is 0 Å². The molecule has 1 fully saturated rings. The number of carbonyl (C=O) groups is 1. The number of nitrogens with one attached hydrogen (secondary N) is 1. The average molecular weight is 191 g/mol. The second-order valence-electron chi connectivity index (χ2n) is 3.52. The third-order valence-corrected chi connectivity index (χ3v) is 2.62. The van der Waals surface area contributed by atoms with Crippen LogP contribution in [0.25, 0.3) is 0 Å². The van der Waals surface area contributed by atoms with Crippen LogP contribution in [-0.2, 0) is 0 Å². The summed E-state index contributed by atoms with van der Waals surface area (Å²) in [5.41, 5.74) is 6.88. The molecule has 2 heterocycles. The Morgan fingerprint density at radius 3 is 3.14 bits per heavy atom. The van der Waals surface area contributed by atoms with Crippen molar-refractivity contribution < 1.29 is 4.79 Å². The van der Waals surface area contributed by atoms with Crippen LogP contribution in [0.1, 0.15) is 28.3 Å². The van der Waals surface area contributed by atoms with Crippen LogP contribution in [0.5, 0.6) is 0 Å². The number of nitrogens with zero attached hydrogens (tertiary/aromatic N) is 1. The van der Waals surface area contributed by atoms with Crippen molar-refractivity contribution in [3.8, 4) is 0 Å². The molecule has 4 nitrogen and oxygen atoms in total. The molecule has 1 aromatic heterocycles. The lowest BCUT2D eigenvalue weighted by Gasteiger charge is -2.11. The summed E-state index contributed by atoms with van der Waals surface area (Å²) in [7, 11) is 0. The van der Waals surface area contributed by atoms with E-state index < -0.39 is 0 Å². The third kappa shape index (κ3) is 1.61. The maximum atomic E-state index is 11.2. The first-order valence-electron chi connectivity index (χ1n) is 4.73. The molecule has 0 radical (unpaired) electrons. The van der Waals surface area contributed by atoms with Crippen LogP contribution in [0.2, 0.25) is 0 Å².